The second-order valence-electron chi connectivity index (χ2n) is 4.51. The molecule has 0 radical (unpaired) electrons. The molecule has 1 aromatic carbocycles. The van der Waals surface area contributed by atoms with Gasteiger partial charge in [0.1, 0.15) is 17.7 Å². The highest BCUT2D eigenvalue weighted by molar-refractivity contribution is 7.10. The van der Waals surface area contributed by atoms with Crippen molar-refractivity contribution in [3.63, 3.8) is 0 Å². The van der Waals surface area contributed by atoms with Crippen LogP contribution in [0.5, 0.6) is 5.75 Å². The molecule has 1 unspecified atom stereocenters. The van der Waals surface area contributed by atoms with Gasteiger partial charge in [-0.3, -0.25) is 0 Å². The maximum absolute atomic E-state index is 13.2. The number of aliphatic hydroxyl groups excluding tert-OH is 1. The van der Waals surface area contributed by atoms with Crippen LogP contribution in [0, 0.1) is 12.7 Å². The van der Waals surface area contributed by atoms with Crippen LogP contribution in [0.1, 0.15) is 34.6 Å². The molecule has 2 aromatic rings. The van der Waals surface area contributed by atoms with Gasteiger partial charge in [0.05, 0.1) is 6.10 Å². The lowest BCUT2D eigenvalue weighted by Gasteiger charge is -2.29. The van der Waals surface area contributed by atoms with Crippen molar-refractivity contribution < 1.29 is 14.2 Å². The van der Waals surface area contributed by atoms with Crippen LogP contribution >= 0.6 is 11.3 Å². The molecule has 0 saturated carbocycles. The molecular formula is C14H13FO2S. The molecule has 18 heavy (non-hydrogen) atoms. The molecule has 3 rings (SSSR count). The summed E-state index contributed by atoms with van der Waals surface area (Å²) in [5.41, 5.74) is 1.82. The second-order valence-corrected chi connectivity index (χ2v) is 5.46. The quantitative estimate of drug-likeness (QED) is 0.850. The Balaban J connectivity index is 1.98. The predicted molar refractivity (Wildman–Crippen MR) is 68.4 cm³/mol. The fraction of sp³-hybridized carbons (Fsp3) is 0.286. The Morgan fingerprint density at radius 3 is 2.94 bits per heavy atom. The zero-order valence-corrected chi connectivity index (χ0v) is 10.7. The topological polar surface area (TPSA) is 29.5 Å². The molecule has 1 aliphatic heterocycles. The lowest BCUT2D eigenvalue weighted by Crippen LogP contribution is -2.18. The van der Waals surface area contributed by atoms with Gasteiger partial charge in [0.15, 0.2) is 0 Å². The van der Waals surface area contributed by atoms with Gasteiger partial charge in [-0.05, 0) is 36.1 Å². The first-order chi connectivity index (χ1) is 8.65. The smallest absolute Gasteiger partial charge is 0.136 e. The first kappa shape index (κ1) is 11.7. The largest absolute Gasteiger partial charge is 0.484 e. The average molecular weight is 264 g/mol. The van der Waals surface area contributed by atoms with Crippen molar-refractivity contribution in [3.8, 4) is 5.75 Å². The molecule has 0 fully saturated rings. The molecule has 0 amide bonds. The standard InChI is InChI=1S/C14H13FO2S/c1-8-4-5-18-14(8)13-7-11(16)10-3-2-9(15)6-12(10)17-13/h2-6,11,13,16H,7H2,1H3/t11-,13?/m0/s1. The molecule has 0 bridgehead atoms. The fourth-order valence-corrected chi connectivity index (χ4v) is 3.26. The van der Waals surface area contributed by atoms with Gasteiger partial charge in [0.25, 0.3) is 0 Å². The zero-order valence-electron chi connectivity index (χ0n) is 9.89. The highest BCUT2D eigenvalue weighted by atomic mass is 32.1. The van der Waals surface area contributed by atoms with Crippen molar-refractivity contribution in [1.82, 2.24) is 0 Å². The average Bonchev–Trinajstić information content (AvgIpc) is 2.74. The zero-order chi connectivity index (χ0) is 12.7. The number of ether oxygens (including phenoxy) is 1. The van der Waals surface area contributed by atoms with E-state index in [0.717, 1.165) is 10.4 Å². The third-order valence-electron chi connectivity index (χ3n) is 3.24. The number of aliphatic hydroxyl groups is 1. The maximum atomic E-state index is 13.2. The van der Waals surface area contributed by atoms with Crippen molar-refractivity contribution in [3.05, 3.63) is 51.5 Å². The maximum Gasteiger partial charge on any atom is 0.136 e. The summed E-state index contributed by atoms with van der Waals surface area (Å²) in [6.07, 6.45) is -0.268. The molecule has 1 aromatic heterocycles. The van der Waals surface area contributed by atoms with E-state index in [-0.39, 0.29) is 11.9 Å². The van der Waals surface area contributed by atoms with Crippen molar-refractivity contribution in [2.75, 3.05) is 0 Å². The summed E-state index contributed by atoms with van der Waals surface area (Å²) in [4.78, 5) is 1.10. The Labute approximate surface area is 109 Å². The first-order valence-electron chi connectivity index (χ1n) is 5.83. The number of benzene rings is 1. The van der Waals surface area contributed by atoms with Crippen LogP contribution < -0.4 is 4.74 Å². The number of hydrogen-bond donors (Lipinski definition) is 1. The van der Waals surface area contributed by atoms with Gasteiger partial charge in [0.2, 0.25) is 0 Å². The minimum atomic E-state index is -0.596. The minimum absolute atomic E-state index is 0.186. The fourth-order valence-electron chi connectivity index (χ4n) is 2.29. The van der Waals surface area contributed by atoms with Crippen LogP contribution in [0.3, 0.4) is 0 Å². The van der Waals surface area contributed by atoms with E-state index in [1.54, 1.807) is 17.4 Å². The molecule has 0 aliphatic carbocycles. The highest BCUT2D eigenvalue weighted by Crippen LogP contribution is 2.42. The first-order valence-corrected chi connectivity index (χ1v) is 6.71. The Bertz CT molecular complexity index is 579. The van der Waals surface area contributed by atoms with Crippen LogP contribution in [0.2, 0.25) is 0 Å². The number of hydrogen-bond acceptors (Lipinski definition) is 3. The van der Waals surface area contributed by atoms with Gasteiger partial charge in [-0.25, -0.2) is 4.39 Å². The number of aryl methyl sites for hydroxylation is 1. The highest BCUT2D eigenvalue weighted by Gasteiger charge is 2.29. The van der Waals surface area contributed by atoms with E-state index < -0.39 is 6.10 Å². The van der Waals surface area contributed by atoms with E-state index in [0.29, 0.717) is 17.7 Å². The molecule has 4 heteroatoms. The summed E-state index contributed by atoms with van der Waals surface area (Å²) in [6, 6.07) is 6.31. The molecule has 2 atom stereocenters. The summed E-state index contributed by atoms with van der Waals surface area (Å²) in [5, 5.41) is 12.1. The lowest BCUT2D eigenvalue weighted by molar-refractivity contribution is 0.0668. The monoisotopic (exact) mass is 264 g/mol. The van der Waals surface area contributed by atoms with Gasteiger partial charge in [-0.1, -0.05) is 0 Å². The minimum Gasteiger partial charge on any atom is -0.484 e. The van der Waals surface area contributed by atoms with Crippen molar-refractivity contribution in [2.45, 2.75) is 25.6 Å². The van der Waals surface area contributed by atoms with Gasteiger partial charge in [-0.2, -0.15) is 0 Å². The van der Waals surface area contributed by atoms with E-state index in [9.17, 15) is 9.50 Å². The summed E-state index contributed by atoms with van der Waals surface area (Å²) in [7, 11) is 0. The Morgan fingerprint density at radius 2 is 2.22 bits per heavy atom. The van der Waals surface area contributed by atoms with E-state index >= 15 is 0 Å². The summed E-state index contributed by atoms with van der Waals surface area (Å²) < 4.78 is 19.0. The predicted octanol–water partition coefficient (Wildman–Crippen LogP) is 3.75. The SMILES string of the molecule is Cc1ccsc1C1C[C@H](O)c2ccc(F)cc2O1. The van der Waals surface area contributed by atoms with Crippen molar-refractivity contribution in [2.24, 2.45) is 0 Å². The van der Waals surface area contributed by atoms with Gasteiger partial charge < -0.3 is 9.84 Å². The van der Waals surface area contributed by atoms with Crippen molar-refractivity contribution >= 4 is 11.3 Å². The number of rotatable bonds is 1. The normalized spacial score (nSPS) is 22.4. The van der Waals surface area contributed by atoms with Crippen LogP contribution in [0.15, 0.2) is 29.6 Å². The van der Waals surface area contributed by atoms with E-state index in [2.05, 4.69) is 0 Å². The van der Waals surface area contributed by atoms with Crippen LogP contribution in [0.4, 0.5) is 4.39 Å². The summed E-state index contributed by atoms with van der Waals surface area (Å²) in [5.74, 6) is 0.107. The van der Waals surface area contributed by atoms with Crippen LogP contribution in [0.25, 0.3) is 0 Å². The van der Waals surface area contributed by atoms with E-state index in [1.807, 2.05) is 18.4 Å². The molecule has 2 nitrogen and oxygen atoms in total. The summed E-state index contributed by atoms with van der Waals surface area (Å²) >= 11 is 1.61. The molecule has 1 aliphatic rings. The molecule has 1 N–H and O–H groups in total. The Morgan fingerprint density at radius 1 is 1.39 bits per heavy atom. The molecule has 0 saturated heterocycles. The molecular weight excluding hydrogens is 251 g/mol. The van der Waals surface area contributed by atoms with Crippen molar-refractivity contribution in [1.29, 1.82) is 0 Å². The number of fused-ring (bicyclic) bond motifs is 1. The third-order valence-corrected chi connectivity index (χ3v) is 4.35. The van der Waals surface area contributed by atoms with Crippen LogP contribution in [-0.2, 0) is 0 Å². The van der Waals surface area contributed by atoms with Crippen LogP contribution in [-0.4, -0.2) is 5.11 Å². The van der Waals surface area contributed by atoms with Gasteiger partial charge >= 0.3 is 0 Å². The Hall–Kier alpha value is -1.39. The molecule has 2 heterocycles. The Kier molecular flexibility index (Phi) is 2.84. The lowest BCUT2D eigenvalue weighted by atomic mass is 9.97. The molecule has 94 valence electrons. The number of halogens is 1. The third kappa shape index (κ3) is 1.91. The van der Waals surface area contributed by atoms with E-state index in [4.69, 9.17) is 4.74 Å². The van der Waals surface area contributed by atoms with Gasteiger partial charge in [-0.15, -0.1) is 11.3 Å². The van der Waals surface area contributed by atoms with Gasteiger partial charge in [0, 0.05) is 22.9 Å². The second kappa shape index (κ2) is 4.37. The summed E-state index contributed by atoms with van der Waals surface area (Å²) in [6.45, 7) is 2.02. The molecule has 0 spiro atoms. The van der Waals surface area contributed by atoms with E-state index in [1.165, 1.54) is 12.1 Å². The number of thiophene rings is 1.